The monoisotopic (exact) mass is 358 g/mol. The first-order chi connectivity index (χ1) is 11.9. The number of carbonyl (C=O) groups excluding carboxylic acids is 1. The fourth-order valence-corrected chi connectivity index (χ4v) is 4.14. The van der Waals surface area contributed by atoms with Gasteiger partial charge >= 0.3 is 0 Å². The molecule has 2 aliphatic rings. The summed E-state index contributed by atoms with van der Waals surface area (Å²) in [6, 6.07) is 1.70. The van der Waals surface area contributed by atoms with Gasteiger partial charge in [-0.05, 0) is 31.1 Å². The standard InChI is InChI=1S/C17H22N6OS/c1-5-22-11(6-7-18-22)14-13-10(8-17(2,3)9-12(13)24)19-15-20-16(25-4)21-23(14)15/h6-7,14H,5,8-9H2,1-4H3,(H,19,20,21)/t14-/m1/s1. The number of nitrogens with zero attached hydrogens (tertiary/aromatic N) is 5. The fourth-order valence-electron chi connectivity index (χ4n) is 3.79. The Morgan fingerprint density at radius 1 is 1.40 bits per heavy atom. The average Bonchev–Trinajstić information content (AvgIpc) is 3.17. The number of hydrogen-bond donors (Lipinski definition) is 1. The summed E-state index contributed by atoms with van der Waals surface area (Å²) >= 11 is 1.50. The summed E-state index contributed by atoms with van der Waals surface area (Å²) < 4.78 is 3.77. The van der Waals surface area contributed by atoms with Crippen LogP contribution in [-0.2, 0) is 11.3 Å². The molecule has 132 valence electrons. The molecule has 8 heteroatoms. The van der Waals surface area contributed by atoms with Crippen LogP contribution in [0.15, 0.2) is 28.7 Å². The van der Waals surface area contributed by atoms with Gasteiger partial charge in [0, 0.05) is 30.4 Å². The van der Waals surface area contributed by atoms with Crippen molar-refractivity contribution >= 4 is 23.5 Å². The van der Waals surface area contributed by atoms with Gasteiger partial charge in [-0.25, -0.2) is 4.68 Å². The van der Waals surface area contributed by atoms with Crippen molar-refractivity contribution in [3.05, 3.63) is 29.2 Å². The van der Waals surface area contributed by atoms with Crippen LogP contribution in [0.2, 0.25) is 0 Å². The van der Waals surface area contributed by atoms with E-state index in [2.05, 4.69) is 34.3 Å². The number of allylic oxidation sites excluding steroid dienone is 2. The Hall–Kier alpha value is -2.09. The number of rotatable bonds is 3. The number of hydrogen-bond acceptors (Lipinski definition) is 6. The molecule has 1 aliphatic heterocycles. The highest BCUT2D eigenvalue weighted by Gasteiger charge is 2.42. The second-order valence-corrected chi connectivity index (χ2v) is 8.07. The number of aromatic nitrogens is 5. The van der Waals surface area contributed by atoms with Crippen LogP contribution in [0.3, 0.4) is 0 Å². The van der Waals surface area contributed by atoms with Gasteiger partial charge < -0.3 is 5.32 Å². The van der Waals surface area contributed by atoms with Crippen molar-refractivity contribution in [3.63, 3.8) is 0 Å². The second kappa shape index (κ2) is 5.72. The van der Waals surface area contributed by atoms with Crippen molar-refractivity contribution in [2.45, 2.75) is 51.4 Å². The molecule has 7 nitrogen and oxygen atoms in total. The maximum absolute atomic E-state index is 13.0. The van der Waals surface area contributed by atoms with E-state index in [4.69, 9.17) is 0 Å². The van der Waals surface area contributed by atoms with Crippen LogP contribution in [0, 0.1) is 5.41 Å². The van der Waals surface area contributed by atoms with E-state index in [-0.39, 0.29) is 17.2 Å². The zero-order chi connectivity index (χ0) is 17.8. The molecular formula is C17H22N6OS. The van der Waals surface area contributed by atoms with Gasteiger partial charge in [0.15, 0.2) is 5.78 Å². The summed E-state index contributed by atoms with van der Waals surface area (Å²) in [5, 5.41) is 13.1. The Labute approximate surface area is 150 Å². The van der Waals surface area contributed by atoms with Crippen LogP contribution in [0.5, 0.6) is 0 Å². The lowest BCUT2D eigenvalue weighted by atomic mass is 9.73. The molecule has 25 heavy (non-hydrogen) atoms. The highest BCUT2D eigenvalue weighted by molar-refractivity contribution is 7.98. The molecule has 1 aliphatic carbocycles. The summed E-state index contributed by atoms with van der Waals surface area (Å²) in [7, 11) is 0. The Morgan fingerprint density at radius 3 is 2.92 bits per heavy atom. The molecular weight excluding hydrogens is 336 g/mol. The predicted molar refractivity (Wildman–Crippen MR) is 96.5 cm³/mol. The van der Waals surface area contributed by atoms with Gasteiger partial charge in [-0.15, -0.1) is 5.10 Å². The maximum Gasteiger partial charge on any atom is 0.227 e. The van der Waals surface area contributed by atoms with E-state index in [0.29, 0.717) is 17.5 Å². The minimum atomic E-state index is -0.273. The Morgan fingerprint density at radius 2 is 2.20 bits per heavy atom. The van der Waals surface area contributed by atoms with Gasteiger partial charge in [-0.3, -0.25) is 9.48 Å². The average molecular weight is 358 g/mol. The third-order valence-electron chi connectivity index (χ3n) is 4.82. The van der Waals surface area contributed by atoms with Gasteiger partial charge in [0.25, 0.3) is 0 Å². The summed E-state index contributed by atoms with van der Waals surface area (Å²) in [6.45, 7) is 7.06. The predicted octanol–water partition coefficient (Wildman–Crippen LogP) is 2.87. The van der Waals surface area contributed by atoms with Gasteiger partial charge in [0.05, 0.1) is 5.69 Å². The fraction of sp³-hybridized carbons (Fsp3) is 0.529. The molecule has 0 aromatic carbocycles. The van der Waals surface area contributed by atoms with E-state index in [1.54, 1.807) is 6.20 Å². The van der Waals surface area contributed by atoms with E-state index in [1.165, 1.54) is 11.8 Å². The summed E-state index contributed by atoms with van der Waals surface area (Å²) in [5.74, 6) is 0.877. The molecule has 4 rings (SSSR count). The van der Waals surface area contributed by atoms with E-state index >= 15 is 0 Å². The van der Waals surface area contributed by atoms with Crippen LogP contribution in [0.25, 0.3) is 0 Å². The van der Waals surface area contributed by atoms with Gasteiger partial charge in [-0.1, -0.05) is 25.6 Å². The Kier molecular flexibility index (Phi) is 3.75. The molecule has 1 atom stereocenters. The number of ketones is 1. The van der Waals surface area contributed by atoms with Gasteiger partial charge in [-0.2, -0.15) is 10.1 Å². The minimum Gasteiger partial charge on any atom is -0.328 e. The van der Waals surface area contributed by atoms with Crippen molar-refractivity contribution in [1.82, 2.24) is 24.5 Å². The van der Waals surface area contributed by atoms with Crippen molar-refractivity contribution in [2.24, 2.45) is 5.41 Å². The Balaban J connectivity index is 1.92. The SMILES string of the molecule is CCn1nccc1[C@@H]1C2=C(CC(C)(C)CC2=O)Nc2nc(SC)nn21. The summed E-state index contributed by atoms with van der Waals surface area (Å²) in [5.41, 5.74) is 2.70. The molecule has 2 aromatic rings. The van der Waals surface area contributed by atoms with Crippen LogP contribution < -0.4 is 5.32 Å². The number of carbonyl (C=O) groups is 1. The first-order valence-corrected chi connectivity index (χ1v) is 9.71. The molecule has 3 heterocycles. The highest BCUT2D eigenvalue weighted by atomic mass is 32.2. The number of anilines is 1. The van der Waals surface area contributed by atoms with Crippen molar-refractivity contribution in [2.75, 3.05) is 11.6 Å². The molecule has 0 unspecified atom stereocenters. The molecule has 0 radical (unpaired) electrons. The van der Waals surface area contributed by atoms with E-state index in [1.807, 2.05) is 28.6 Å². The first-order valence-electron chi connectivity index (χ1n) is 8.49. The molecule has 0 saturated heterocycles. The zero-order valence-corrected chi connectivity index (χ0v) is 15.7. The van der Waals surface area contributed by atoms with Crippen molar-refractivity contribution < 1.29 is 4.79 Å². The molecule has 0 spiro atoms. The quantitative estimate of drug-likeness (QED) is 0.850. The second-order valence-electron chi connectivity index (χ2n) is 7.30. The van der Waals surface area contributed by atoms with E-state index < -0.39 is 0 Å². The molecule has 0 amide bonds. The van der Waals surface area contributed by atoms with Crippen LogP contribution >= 0.6 is 11.8 Å². The van der Waals surface area contributed by atoms with Crippen LogP contribution in [0.1, 0.15) is 45.3 Å². The lowest BCUT2D eigenvalue weighted by Gasteiger charge is -2.38. The summed E-state index contributed by atoms with van der Waals surface area (Å²) in [4.78, 5) is 17.6. The van der Waals surface area contributed by atoms with Crippen molar-refractivity contribution in [1.29, 1.82) is 0 Å². The first kappa shape index (κ1) is 16.4. The highest BCUT2D eigenvalue weighted by Crippen LogP contribution is 2.45. The molecule has 0 bridgehead atoms. The lowest BCUT2D eigenvalue weighted by Crippen LogP contribution is -2.37. The van der Waals surface area contributed by atoms with E-state index in [0.717, 1.165) is 29.9 Å². The normalized spacial score (nSPS) is 21.8. The number of nitrogens with one attached hydrogen (secondary N) is 1. The maximum atomic E-state index is 13.0. The largest absolute Gasteiger partial charge is 0.328 e. The molecule has 2 aromatic heterocycles. The number of Topliss-reactive ketones (excluding diaryl/α,β-unsaturated/α-hetero) is 1. The third kappa shape index (κ3) is 2.59. The van der Waals surface area contributed by atoms with Crippen molar-refractivity contribution in [3.8, 4) is 0 Å². The molecule has 0 fully saturated rings. The smallest absolute Gasteiger partial charge is 0.227 e. The number of fused-ring (bicyclic) bond motifs is 1. The van der Waals surface area contributed by atoms with Crippen LogP contribution in [0.4, 0.5) is 5.95 Å². The minimum absolute atomic E-state index is 0.0526. The molecule has 1 N–H and O–H groups in total. The van der Waals surface area contributed by atoms with Crippen LogP contribution in [-0.4, -0.2) is 36.6 Å². The summed E-state index contributed by atoms with van der Waals surface area (Å²) in [6.07, 6.45) is 5.11. The third-order valence-corrected chi connectivity index (χ3v) is 5.36. The van der Waals surface area contributed by atoms with Gasteiger partial charge in [0.2, 0.25) is 11.1 Å². The topological polar surface area (TPSA) is 77.6 Å². The van der Waals surface area contributed by atoms with Gasteiger partial charge in [0.1, 0.15) is 6.04 Å². The Bertz CT molecular complexity index is 878. The number of thioether (sulfide) groups is 1. The lowest BCUT2D eigenvalue weighted by molar-refractivity contribution is -0.118. The zero-order valence-electron chi connectivity index (χ0n) is 14.9. The molecule has 0 saturated carbocycles. The number of aryl methyl sites for hydroxylation is 1. The van der Waals surface area contributed by atoms with E-state index in [9.17, 15) is 4.79 Å².